The molecule has 2 aliphatic heterocycles. The van der Waals surface area contributed by atoms with Gasteiger partial charge in [-0.15, -0.1) is 11.3 Å². The van der Waals surface area contributed by atoms with Crippen molar-refractivity contribution in [2.45, 2.75) is 25.8 Å². The standard InChI is InChI=1S/C29H33N3O3S/c1-20-10-11-24(21(2)19-20)30-12-14-31(15-13-30)29(34)26-22-7-4-5-8-23(22)28(33)32(16-17-35-3)27(26)25-9-6-18-36-25/h4-11,18-19,26-27H,12-17H2,1-3H3/t26-,27-/m1/s1. The minimum Gasteiger partial charge on any atom is -0.383 e. The Morgan fingerprint density at radius 2 is 1.81 bits per heavy atom. The Morgan fingerprint density at radius 1 is 1.03 bits per heavy atom. The lowest BCUT2D eigenvalue weighted by Gasteiger charge is -2.44. The van der Waals surface area contributed by atoms with Crippen LogP contribution in [0.3, 0.4) is 0 Å². The molecule has 2 atom stereocenters. The molecule has 188 valence electrons. The van der Waals surface area contributed by atoms with Crippen LogP contribution in [0.5, 0.6) is 0 Å². The Balaban J connectivity index is 1.45. The number of amides is 2. The Labute approximate surface area is 217 Å². The van der Waals surface area contributed by atoms with Crippen LogP contribution < -0.4 is 4.90 Å². The van der Waals surface area contributed by atoms with Gasteiger partial charge in [0.25, 0.3) is 5.91 Å². The second-order valence-corrected chi connectivity index (χ2v) is 10.6. The van der Waals surface area contributed by atoms with Crippen molar-refractivity contribution in [1.82, 2.24) is 9.80 Å². The van der Waals surface area contributed by atoms with E-state index in [-0.39, 0.29) is 17.9 Å². The van der Waals surface area contributed by atoms with Crippen molar-refractivity contribution < 1.29 is 14.3 Å². The molecule has 2 aliphatic rings. The van der Waals surface area contributed by atoms with Gasteiger partial charge in [-0.25, -0.2) is 0 Å². The van der Waals surface area contributed by atoms with E-state index in [1.807, 2.05) is 51.6 Å². The lowest BCUT2D eigenvalue weighted by molar-refractivity contribution is -0.135. The Morgan fingerprint density at radius 3 is 2.50 bits per heavy atom. The number of carbonyl (C=O) groups excluding carboxylic acids is 2. The van der Waals surface area contributed by atoms with E-state index in [4.69, 9.17) is 4.74 Å². The van der Waals surface area contributed by atoms with Crippen LogP contribution in [-0.2, 0) is 9.53 Å². The summed E-state index contributed by atoms with van der Waals surface area (Å²) in [6, 6.07) is 17.8. The average molecular weight is 504 g/mol. The number of fused-ring (bicyclic) bond motifs is 1. The van der Waals surface area contributed by atoms with Crippen LogP contribution in [0.15, 0.2) is 60.0 Å². The topological polar surface area (TPSA) is 53.1 Å². The Hall–Kier alpha value is -3.16. The second-order valence-electron chi connectivity index (χ2n) is 9.62. The molecular formula is C29H33N3O3S. The molecule has 1 saturated heterocycles. The van der Waals surface area contributed by atoms with Crippen molar-refractivity contribution in [1.29, 1.82) is 0 Å². The van der Waals surface area contributed by atoms with Gasteiger partial charge in [0.05, 0.1) is 18.6 Å². The molecule has 0 unspecified atom stereocenters. The fourth-order valence-electron chi connectivity index (χ4n) is 5.59. The summed E-state index contributed by atoms with van der Waals surface area (Å²) in [7, 11) is 1.64. The number of piperazine rings is 1. The summed E-state index contributed by atoms with van der Waals surface area (Å²) < 4.78 is 5.34. The molecule has 2 amide bonds. The monoisotopic (exact) mass is 503 g/mol. The maximum atomic E-state index is 14.2. The van der Waals surface area contributed by atoms with E-state index >= 15 is 0 Å². The molecule has 1 aromatic heterocycles. The third kappa shape index (κ3) is 4.53. The number of benzene rings is 2. The minimum absolute atomic E-state index is 0.0373. The molecule has 5 rings (SSSR count). The predicted molar refractivity (Wildman–Crippen MR) is 144 cm³/mol. The number of anilines is 1. The first-order chi connectivity index (χ1) is 17.5. The van der Waals surface area contributed by atoms with Crippen molar-refractivity contribution in [2.75, 3.05) is 51.3 Å². The van der Waals surface area contributed by atoms with Gasteiger partial charge in [0.15, 0.2) is 0 Å². The number of ether oxygens (including phenoxy) is 1. The van der Waals surface area contributed by atoms with Crippen molar-refractivity contribution in [2.24, 2.45) is 0 Å². The van der Waals surface area contributed by atoms with Crippen LogP contribution in [0, 0.1) is 13.8 Å². The normalized spacial score (nSPS) is 20.0. The zero-order valence-corrected chi connectivity index (χ0v) is 22.0. The van der Waals surface area contributed by atoms with E-state index in [1.54, 1.807) is 18.4 Å². The molecular weight excluding hydrogens is 470 g/mol. The first-order valence-corrected chi connectivity index (χ1v) is 13.4. The van der Waals surface area contributed by atoms with Crippen molar-refractivity contribution in [3.05, 3.63) is 87.1 Å². The number of nitrogens with zero attached hydrogens (tertiary/aromatic N) is 3. The number of carbonyl (C=O) groups is 2. The lowest BCUT2D eigenvalue weighted by atomic mass is 9.81. The summed E-state index contributed by atoms with van der Waals surface area (Å²) in [6.45, 7) is 8.03. The molecule has 3 heterocycles. The quantitative estimate of drug-likeness (QED) is 0.492. The fraction of sp³-hybridized carbons (Fsp3) is 0.379. The van der Waals surface area contributed by atoms with E-state index in [9.17, 15) is 9.59 Å². The number of hydrogen-bond acceptors (Lipinski definition) is 5. The number of aryl methyl sites for hydroxylation is 2. The minimum atomic E-state index is -0.443. The highest BCUT2D eigenvalue weighted by atomic mass is 32.1. The summed E-state index contributed by atoms with van der Waals surface area (Å²) in [4.78, 5) is 35.1. The molecule has 2 aromatic carbocycles. The number of thiophene rings is 1. The predicted octanol–water partition coefficient (Wildman–Crippen LogP) is 4.64. The van der Waals surface area contributed by atoms with Gasteiger partial charge in [0.1, 0.15) is 0 Å². The van der Waals surface area contributed by atoms with E-state index in [2.05, 4.69) is 36.9 Å². The zero-order chi connectivity index (χ0) is 25.2. The van der Waals surface area contributed by atoms with Gasteiger partial charge in [0.2, 0.25) is 5.91 Å². The first-order valence-electron chi connectivity index (χ1n) is 12.5. The smallest absolute Gasteiger partial charge is 0.254 e. The van der Waals surface area contributed by atoms with Crippen LogP contribution in [0.1, 0.15) is 43.9 Å². The molecule has 0 saturated carbocycles. The average Bonchev–Trinajstić information content (AvgIpc) is 3.42. The molecule has 36 heavy (non-hydrogen) atoms. The third-order valence-electron chi connectivity index (χ3n) is 7.36. The maximum absolute atomic E-state index is 14.2. The molecule has 0 N–H and O–H groups in total. The van der Waals surface area contributed by atoms with Crippen molar-refractivity contribution in [3.8, 4) is 0 Å². The molecule has 7 heteroatoms. The number of methoxy groups -OCH3 is 1. The van der Waals surface area contributed by atoms with E-state index in [0.717, 1.165) is 23.5 Å². The van der Waals surface area contributed by atoms with Gasteiger partial charge in [-0.1, -0.05) is 42.0 Å². The van der Waals surface area contributed by atoms with E-state index < -0.39 is 5.92 Å². The third-order valence-corrected chi connectivity index (χ3v) is 8.30. The summed E-state index contributed by atoms with van der Waals surface area (Å²) in [5, 5.41) is 2.01. The highest BCUT2D eigenvalue weighted by Crippen LogP contribution is 2.45. The number of hydrogen-bond donors (Lipinski definition) is 0. The lowest BCUT2D eigenvalue weighted by Crippen LogP contribution is -2.53. The van der Waals surface area contributed by atoms with Gasteiger partial charge < -0.3 is 19.4 Å². The van der Waals surface area contributed by atoms with Crippen LogP contribution >= 0.6 is 11.3 Å². The largest absolute Gasteiger partial charge is 0.383 e. The van der Waals surface area contributed by atoms with Gasteiger partial charge in [0, 0.05) is 56.0 Å². The molecule has 0 radical (unpaired) electrons. The van der Waals surface area contributed by atoms with Crippen molar-refractivity contribution >= 4 is 28.8 Å². The summed E-state index contributed by atoms with van der Waals surface area (Å²) in [5.41, 5.74) is 5.21. The van der Waals surface area contributed by atoms with Gasteiger partial charge in [-0.2, -0.15) is 0 Å². The van der Waals surface area contributed by atoms with Crippen LogP contribution in [0.4, 0.5) is 5.69 Å². The van der Waals surface area contributed by atoms with Crippen LogP contribution in [0.2, 0.25) is 0 Å². The van der Waals surface area contributed by atoms with Crippen LogP contribution in [-0.4, -0.2) is 68.1 Å². The highest BCUT2D eigenvalue weighted by Gasteiger charge is 2.46. The fourth-order valence-corrected chi connectivity index (χ4v) is 6.47. The molecule has 1 fully saturated rings. The van der Waals surface area contributed by atoms with Gasteiger partial charge in [-0.3, -0.25) is 9.59 Å². The Bertz CT molecular complexity index is 1230. The van der Waals surface area contributed by atoms with Crippen LogP contribution in [0.25, 0.3) is 0 Å². The van der Waals surface area contributed by atoms with Crippen molar-refractivity contribution in [3.63, 3.8) is 0 Å². The summed E-state index contributed by atoms with van der Waals surface area (Å²) in [5.74, 6) is -0.386. The second kappa shape index (κ2) is 10.4. The van der Waals surface area contributed by atoms with E-state index in [1.165, 1.54) is 16.8 Å². The zero-order valence-electron chi connectivity index (χ0n) is 21.1. The Kier molecular flexibility index (Phi) is 7.12. The number of rotatable bonds is 6. The molecule has 0 bridgehead atoms. The summed E-state index contributed by atoms with van der Waals surface area (Å²) >= 11 is 1.60. The molecule has 0 aliphatic carbocycles. The maximum Gasteiger partial charge on any atom is 0.254 e. The van der Waals surface area contributed by atoms with E-state index in [0.29, 0.717) is 31.8 Å². The molecule has 3 aromatic rings. The van der Waals surface area contributed by atoms with Gasteiger partial charge >= 0.3 is 0 Å². The molecule has 0 spiro atoms. The molecule has 6 nitrogen and oxygen atoms in total. The summed E-state index contributed by atoms with van der Waals surface area (Å²) in [6.07, 6.45) is 0. The first kappa shape index (κ1) is 24.5. The SMILES string of the molecule is COCCN1C(=O)c2ccccc2[C@@H](C(=O)N2CCN(c3ccc(C)cc3C)CC2)[C@H]1c1cccs1. The van der Waals surface area contributed by atoms with Gasteiger partial charge in [-0.05, 0) is 48.6 Å². The highest BCUT2D eigenvalue weighted by molar-refractivity contribution is 7.10.